The Kier molecular flexibility index (Phi) is 12.4. The normalized spacial score (nSPS) is 15.0. The van der Waals surface area contributed by atoms with Crippen LogP contribution in [0.15, 0.2) is 72.8 Å². The van der Waals surface area contributed by atoms with Crippen LogP contribution in [0.3, 0.4) is 0 Å². The van der Waals surface area contributed by atoms with Crippen LogP contribution in [-0.4, -0.2) is 84.2 Å². The van der Waals surface area contributed by atoms with Gasteiger partial charge in [0.25, 0.3) is 5.91 Å². The Morgan fingerprint density at radius 2 is 1.71 bits per heavy atom. The molecular formula is C38H47N5O5Si. The van der Waals surface area contributed by atoms with Crippen LogP contribution in [0.4, 0.5) is 5.69 Å². The molecule has 2 atom stereocenters. The van der Waals surface area contributed by atoms with Gasteiger partial charge in [0.1, 0.15) is 6.23 Å². The third-order valence-corrected chi connectivity index (χ3v) is 10.2. The number of carbonyl (C=O) groups excluding carboxylic acids is 2. The summed E-state index contributed by atoms with van der Waals surface area (Å²) in [6.45, 7) is 7.86. The number of unbranched alkanes of at least 4 members (excludes halogenated alkanes) is 2. The molecule has 4 aromatic rings. The summed E-state index contributed by atoms with van der Waals surface area (Å²) in [4.78, 5) is 33.4. The van der Waals surface area contributed by atoms with E-state index in [2.05, 4.69) is 31.0 Å². The number of benzene rings is 3. The van der Waals surface area contributed by atoms with Crippen molar-refractivity contribution in [3.05, 3.63) is 106 Å². The zero-order valence-electron chi connectivity index (χ0n) is 28.9. The Balaban J connectivity index is 1.52. The molecule has 0 saturated carbocycles. The fourth-order valence-electron chi connectivity index (χ4n) is 6.29. The number of carbonyl (C=O) groups is 2. The monoisotopic (exact) mass is 681 g/mol. The largest absolute Gasteiger partial charge is 0.465 e. The molecule has 2 radical (unpaired) electrons. The summed E-state index contributed by atoms with van der Waals surface area (Å²) in [7, 11) is 1.41. The first-order chi connectivity index (χ1) is 23.8. The zero-order valence-corrected chi connectivity index (χ0v) is 29.9. The maximum absolute atomic E-state index is 13.7. The van der Waals surface area contributed by atoms with Crippen molar-refractivity contribution in [1.82, 2.24) is 19.6 Å². The first-order valence-corrected chi connectivity index (χ1v) is 18.1. The number of methoxy groups -OCH3 is 1. The molecule has 0 aliphatic carbocycles. The van der Waals surface area contributed by atoms with Crippen LogP contribution in [-0.2, 0) is 17.7 Å². The lowest BCUT2D eigenvalue weighted by molar-refractivity contribution is -0.0529. The summed E-state index contributed by atoms with van der Waals surface area (Å²) in [6.07, 6.45) is 3.35. The molecule has 0 spiro atoms. The van der Waals surface area contributed by atoms with E-state index in [0.29, 0.717) is 48.6 Å². The Labute approximate surface area is 291 Å². The minimum absolute atomic E-state index is 0.0428. The molecule has 0 saturated heterocycles. The van der Waals surface area contributed by atoms with Crippen molar-refractivity contribution in [1.29, 1.82) is 0 Å². The van der Waals surface area contributed by atoms with Gasteiger partial charge in [-0.1, -0.05) is 69.2 Å². The lowest BCUT2D eigenvalue weighted by atomic mass is 9.93. The van der Waals surface area contributed by atoms with Crippen molar-refractivity contribution in [3.63, 3.8) is 0 Å². The van der Waals surface area contributed by atoms with Crippen molar-refractivity contribution < 1.29 is 24.5 Å². The van der Waals surface area contributed by atoms with E-state index in [1.54, 1.807) is 16.8 Å². The fourth-order valence-corrected chi connectivity index (χ4v) is 7.23. The molecule has 0 bridgehead atoms. The van der Waals surface area contributed by atoms with Gasteiger partial charge in [-0.2, -0.15) is 5.10 Å². The van der Waals surface area contributed by atoms with Gasteiger partial charge >= 0.3 is 5.97 Å². The number of rotatable bonds is 15. The fraction of sp³-hybridized carbons (Fsp3) is 0.395. The van der Waals surface area contributed by atoms with E-state index in [0.717, 1.165) is 53.4 Å². The lowest BCUT2D eigenvalue weighted by Gasteiger charge is -2.39. The van der Waals surface area contributed by atoms with Gasteiger partial charge in [-0.25, -0.2) is 9.48 Å². The third kappa shape index (κ3) is 8.30. The number of aliphatic hydroxyl groups excluding tert-OH is 2. The standard InChI is InChI=1S/C38H47N5O5Si/c1-5-7-19-41(20-8-6-2)37(46)33-21-26(3)43(39-33)34-18-17-29(40-49-35-16-12-11-15-31(35)38(47)48-4)23-32(34)36(45)42-24-28-14-10-9-13-27(28)22-30(42)25-44/h9-18,21,23,30,36,40,44-45H,5-8,19-20,22,24-25H2,1-4H3/t30-,36?/m0/s1. The number of aromatic nitrogens is 2. The quantitative estimate of drug-likeness (QED) is 0.121. The molecule has 1 amide bonds. The Morgan fingerprint density at radius 3 is 2.41 bits per heavy atom. The second-order valence-electron chi connectivity index (χ2n) is 12.5. The van der Waals surface area contributed by atoms with Gasteiger partial charge in [0.05, 0.1) is 25.0 Å². The van der Waals surface area contributed by atoms with E-state index in [9.17, 15) is 19.8 Å². The average molecular weight is 682 g/mol. The SMILES string of the molecule is CCCCN(CCCC)C(=O)c1cc(C)n(-c2ccc(N[Si]c3ccccc3C(=O)OC)cc2C(O)N2Cc3ccccc3C[C@H]2CO)n1. The van der Waals surface area contributed by atoms with Gasteiger partial charge in [-0.15, -0.1) is 0 Å². The van der Waals surface area contributed by atoms with Crippen LogP contribution in [0.2, 0.25) is 0 Å². The summed E-state index contributed by atoms with van der Waals surface area (Å²) >= 11 is 0. The number of nitrogens with zero attached hydrogens (tertiary/aromatic N) is 4. The Morgan fingerprint density at radius 1 is 1.02 bits per heavy atom. The summed E-state index contributed by atoms with van der Waals surface area (Å²) in [5.41, 5.74) is 5.83. The molecule has 3 aromatic carbocycles. The van der Waals surface area contributed by atoms with Crippen molar-refractivity contribution in [2.24, 2.45) is 0 Å². The molecule has 2 heterocycles. The number of nitrogens with one attached hydrogen (secondary N) is 1. The van der Waals surface area contributed by atoms with E-state index in [1.807, 2.05) is 65.3 Å². The maximum atomic E-state index is 13.7. The highest BCUT2D eigenvalue weighted by molar-refractivity contribution is 6.58. The maximum Gasteiger partial charge on any atom is 0.337 e. The van der Waals surface area contributed by atoms with Crippen molar-refractivity contribution in [2.45, 2.75) is 71.7 Å². The van der Waals surface area contributed by atoms with E-state index in [-0.39, 0.29) is 28.2 Å². The molecule has 49 heavy (non-hydrogen) atoms. The summed E-state index contributed by atoms with van der Waals surface area (Å²) < 4.78 is 6.71. The van der Waals surface area contributed by atoms with Gasteiger partial charge in [-0.05, 0) is 72.8 Å². The molecule has 5 rings (SSSR count). The Hall–Kier alpha value is -4.29. The minimum atomic E-state index is -1.10. The van der Waals surface area contributed by atoms with Crippen LogP contribution < -0.4 is 10.2 Å². The number of hydrogen-bond donors (Lipinski definition) is 3. The number of fused-ring (bicyclic) bond motifs is 1. The molecule has 11 heteroatoms. The average Bonchev–Trinajstić information content (AvgIpc) is 3.53. The van der Waals surface area contributed by atoms with E-state index in [1.165, 1.54) is 7.11 Å². The lowest BCUT2D eigenvalue weighted by Crippen LogP contribution is -2.45. The predicted molar refractivity (Wildman–Crippen MR) is 192 cm³/mol. The first kappa shape index (κ1) is 36.0. The van der Waals surface area contributed by atoms with E-state index < -0.39 is 12.2 Å². The van der Waals surface area contributed by atoms with Crippen molar-refractivity contribution in [2.75, 3.05) is 31.8 Å². The van der Waals surface area contributed by atoms with Gasteiger partial charge in [0.2, 0.25) is 9.68 Å². The van der Waals surface area contributed by atoms with Gasteiger partial charge in [0, 0.05) is 42.6 Å². The number of anilines is 1. The van der Waals surface area contributed by atoms with Crippen molar-refractivity contribution >= 4 is 32.4 Å². The van der Waals surface area contributed by atoms with Crippen LogP contribution in [0.1, 0.15) is 89.0 Å². The number of aryl methyl sites for hydroxylation is 1. The molecule has 3 N–H and O–H groups in total. The number of esters is 1. The predicted octanol–water partition coefficient (Wildman–Crippen LogP) is 4.78. The summed E-state index contributed by atoms with van der Waals surface area (Å²) in [6, 6.07) is 22.6. The molecule has 1 aliphatic heterocycles. The molecule has 10 nitrogen and oxygen atoms in total. The van der Waals surface area contributed by atoms with Crippen LogP contribution in [0, 0.1) is 6.92 Å². The molecular weight excluding hydrogens is 635 g/mol. The van der Waals surface area contributed by atoms with Crippen LogP contribution >= 0.6 is 0 Å². The molecule has 1 unspecified atom stereocenters. The molecule has 1 aromatic heterocycles. The van der Waals surface area contributed by atoms with E-state index >= 15 is 0 Å². The van der Waals surface area contributed by atoms with Gasteiger partial charge in [-0.3, -0.25) is 9.69 Å². The highest BCUT2D eigenvalue weighted by Gasteiger charge is 2.33. The Bertz CT molecular complexity index is 1740. The van der Waals surface area contributed by atoms with Gasteiger partial charge < -0.3 is 24.8 Å². The first-order valence-electron chi connectivity index (χ1n) is 17.1. The van der Waals surface area contributed by atoms with Crippen LogP contribution in [0.5, 0.6) is 0 Å². The topological polar surface area (TPSA) is 120 Å². The highest BCUT2D eigenvalue weighted by Crippen LogP contribution is 2.34. The van der Waals surface area contributed by atoms with Crippen molar-refractivity contribution in [3.8, 4) is 5.69 Å². The zero-order chi connectivity index (χ0) is 34.9. The third-order valence-electron chi connectivity index (χ3n) is 9.09. The minimum Gasteiger partial charge on any atom is -0.465 e. The number of aliphatic hydroxyl groups is 2. The summed E-state index contributed by atoms with van der Waals surface area (Å²) in [5.74, 6) is -0.498. The van der Waals surface area contributed by atoms with E-state index in [4.69, 9.17) is 9.84 Å². The number of hydrogen-bond acceptors (Lipinski definition) is 8. The molecule has 258 valence electrons. The van der Waals surface area contributed by atoms with Crippen LogP contribution in [0.25, 0.3) is 5.69 Å². The second kappa shape index (κ2) is 16.9. The highest BCUT2D eigenvalue weighted by atomic mass is 28.2. The molecule has 0 fully saturated rings. The summed E-state index contributed by atoms with van der Waals surface area (Å²) in [5, 5.41) is 28.2. The second-order valence-corrected chi connectivity index (χ2v) is 13.5. The molecule has 1 aliphatic rings. The smallest absolute Gasteiger partial charge is 0.337 e. The number of ether oxygens (including phenoxy) is 1. The number of amides is 1. The van der Waals surface area contributed by atoms with Gasteiger partial charge in [0.15, 0.2) is 5.69 Å².